The van der Waals surface area contributed by atoms with Gasteiger partial charge in [-0.1, -0.05) is 25.1 Å². The van der Waals surface area contributed by atoms with Crippen LogP contribution in [0.1, 0.15) is 36.8 Å². The van der Waals surface area contributed by atoms with Crippen molar-refractivity contribution in [3.8, 4) is 0 Å². The summed E-state index contributed by atoms with van der Waals surface area (Å²) in [7, 11) is 0. The SMILES string of the molecule is CC1CCc2c(sc3ncn(C(C)C(=O)Nc4ccccc4)c(=O)c23)C1. The van der Waals surface area contributed by atoms with Gasteiger partial charge in [-0.3, -0.25) is 14.2 Å². The highest BCUT2D eigenvalue weighted by molar-refractivity contribution is 7.18. The van der Waals surface area contributed by atoms with Crippen LogP contribution in [0.3, 0.4) is 0 Å². The van der Waals surface area contributed by atoms with Crippen molar-refractivity contribution in [2.75, 3.05) is 5.32 Å². The molecule has 1 aliphatic carbocycles. The summed E-state index contributed by atoms with van der Waals surface area (Å²) in [6.45, 7) is 3.98. The molecule has 6 heteroatoms. The molecule has 1 aliphatic rings. The Morgan fingerprint density at radius 2 is 2.12 bits per heavy atom. The van der Waals surface area contributed by atoms with Crippen molar-refractivity contribution in [1.29, 1.82) is 0 Å². The quantitative estimate of drug-likeness (QED) is 0.766. The highest BCUT2D eigenvalue weighted by Crippen LogP contribution is 2.35. The van der Waals surface area contributed by atoms with Gasteiger partial charge in [-0.2, -0.15) is 0 Å². The Morgan fingerprint density at radius 1 is 1.35 bits per heavy atom. The van der Waals surface area contributed by atoms with E-state index in [1.807, 2.05) is 30.3 Å². The van der Waals surface area contributed by atoms with Gasteiger partial charge >= 0.3 is 0 Å². The lowest BCUT2D eigenvalue weighted by molar-refractivity contribution is -0.118. The third-order valence-electron chi connectivity index (χ3n) is 5.08. The highest BCUT2D eigenvalue weighted by Gasteiger charge is 2.25. The van der Waals surface area contributed by atoms with E-state index in [-0.39, 0.29) is 11.5 Å². The van der Waals surface area contributed by atoms with Crippen LogP contribution in [-0.4, -0.2) is 15.5 Å². The molecule has 0 saturated carbocycles. The van der Waals surface area contributed by atoms with Crippen LogP contribution in [0.15, 0.2) is 41.5 Å². The summed E-state index contributed by atoms with van der Waals surface area (Å²) in [6, 6.07) is 8.63. The van der Waals surface area contributed by atoms with E-state index in [2.05, 4.69) is 17.2 Å². The summed E-state index contributed by atoms with van der Waals surface area (Å²) in [5, 5.41) is 3.56. The molecule has 5 nitrogen and oxygen atoms in total. The fourth-order valence-corrected chi connectivity index (χ4v) is 4.86. The molecule has 0 bridgehead atoms. The number of benzene rings is 1. The van der Waals surface area contributed by atoms with E-state index in [0.717, 1.165) is 29.7 Å². The number of anilines is 1. The first-order valence-electron chi connectivity index (χ1n) is 8.92. The zero-order valence-electron chi connectivity index (χ0n) is 14.9. The molecule has 1 amide bonds. The number of rotatable bonds is 3. The molecule has 0 spiro atoms. The Balaban J connectivity index is 1.69. The number of aryl methyl sites for hydroxylation is 1. The average Bonchev–Trinajstić information content (AvgIpc) is 3.00. The van der Waals surface area contributed by atoms with E-state index in [1.54, 1.807) is 18.3 Å². The molecule has 2 heterocycles. The second kappa shape index (κ2) is 6.68. The smallest absolute Gasteiger partial charge is 0.263 e. The minimum Gasteiger partial charge on any atom is -0.324 e. The summed E-state index contributed by atoms with van der Waals surface area (Å²) in [5.41, 5.74) is 1.75. The summed E-state index contributed by atoms with van der Waals surface area (Å²) in [6.07, 6.45) is 4.53. The molecule has 1 N–H and O–H groups in total. The number of thiophene rings is 1. The summed E-state index contributed by atoms with van der Waals surface area (Å²) >= 11 is 1.62. The highest BCUT2D eigenvalue weighted by atomic mass is 32.1. The van der Waals surface area contributed by atoms with Crippen molar-refractivity contribution in [2.45, 2.75) is 39.2 Å². The van der Waals surface area contributed by atoms with Gasteiger partial charge in [0, 0.05) is 10.6 Å². The van der Waals surface area contributed by atoms with E-state index in [9.17, 15) is 9.59 Å². The number of hydrogen-bond acceptors (Lipinski definition) is 4. The van der Waals surface area contributed by atoms with Crippen LogP contribution in [0.2, 0.25) is 0 Å². The molecule has 1 aromatic carbocycles. The molecule has 4 rings (SSSR count). The number of para-hydroxylation sites is 1. The first kappa shape index (κ1) is 17.0. The van der Waals surface area contributed by atoms with Crippen molar-refractivity contribution in [3.63, 3.8) is 0 Å². The Kier molecular flexibility index (Phi) is 4.36. The average molecular weight is 367 g/mol. The number of fused-ring (bicyclic) bond motifs is 3. The first-order chi connectivity index (χ1) is 12.5. The molecule has 3 aromatic rings. The number of nitrogens with zero attached hydrogens (tertiary/aromatic N) is 2. The van der Waals surface area contributed by atoms with Gasteiger partial charge in [0.05, 0.1) is 11.7 Å². The number of carbonyl (C=O) groups is 1. The van der Waals surface area contributed by atoms with Gasteiger partial charge in [-0.25, -0.2) is 4.98 Å². The minimum absolute atomic E-state index is 0.113. The molecule has 0 radical (unpaired) electrons. The van der Waals surface area contributed by atoms with Crippen LogP contribution in [0, 0.1) is 5.92 Å². The van der Waals surface area contributed by atoms with E-state index in [4.69, 9.17) is 0 Å². The summed E-state index contributed by atoms with van der Waals surface area (Å²) in [4.78, 5) is 32.2. The van der Waals surface area contributed by atoms with Crippen molar-refractivity contribution in [2.24, 2.45) is 5.92 Å². The van der Waals surface area contributed by atoms with Gasteiger partial charge in [0.1, 0.15) is 10.9 Å². The lowest BCUT2D eigenvalue weighted by atomic mass is 9.89. The maximum absolute atomic E-state index is 13.1. The van der Waals surface area contributed by atoms with Gasteiger partial charge in [0.25, 0.3) is 5.56 Å². The predicted octanol–water partition coefficient (Wildman–Crippen LogP) is 3.78. The van der Waals surface area contributed by atoms with Gasteiger partial charge in [-0.05, 0) is 49.8 Å². The van der Waals surface area contributed by atoms with E-state index >= 15 is 0 Å². The fraction of sp³-hybridized carbons (Fsp3) is 0.350. The lowest BCUT2D eigenvalue weighted by Crippen LogP contribution is -2.32. The number of nitrogens with one attached hydrogen (secondary N) is 1. The van der Waals surface area contributed by atoms with Crippen LogP contribution < -0.4 is 10.9 Å². The van der Waals surface area contributed by atoms with Crippen molar-refractivity contribution in [3.05, 3.63) is 57.5 Å². The number of amides is 1. The fourth-order valence-electron chi connectivity index (χ4n) is 3.51. The maximum atomic E-state index is 13.1. The summed E-state index contributed by atoms with van der Waals surface area (Å²) in [5.74, 6) is 0.422. The van der Waals surface area contributed by atoms with Crippen molar-refractivity contribution < 1.29 is 4.79 Å². The molecule has 2 unspecified atom stereocenters. The topological polar surface area (TPSA) is 64.0 Å². The number of aromatic nitrogens is 2. The molecular weight excluding hydrogens is 346 g/mol. The Morgan fingerprint density at radius 3 is 2.88 bits per heavy atom. The van der Waals surface area contributed by atoms with Crippen LogP contribution in [-0.2, 0) is 17.6 Å². The molecule has 0 fully saturated rings. The molecule has 26 heavy (non-hydrogen) atoms. The van der Waals surface area contributed by atoms with Gasteiger partial charge in [-0.15, -0.1) is 11.3 Å². The molecule has 0 aliphatic heterocycles. The second-order valence-corrected chi connectivity index (χ2v) is 8.10. The van der Waals surface area contributed by atoms with Gasteiger partial charge in [0.2, 0.25) is 5.91 Å². The number of carbonyl (C=O) groups excluding carboxylic acids is 1. The largest absolute Gasteiger partial charge is 0.324 e. The van der Waals surface area contributed by atoms with Gasteiger partial charge < -0.3 is 5.32 Å². The monoisotopic (exact) mass is 367 g/mol. The molecular formula is C20H21N3O2S. The zero-order valence-corrected chi connectivity index (χ0v) is 15.7. The predicted molar refractivity (Wildman–Crippen MR) is 105 cm³/mol. The molecule has 0 saturated heterocycles. The zero-order chi connectivity index (χ0) is 18.3. The van der Waals surface area contributed by atoms with Crippen LogP contribution >= 0.6 is 11.3 Å². The third kappa shape index (κ3) is 2.94. The first-order valence-corrected chi connectivity index (χ1v) is 9.73. The van der Waals surface area contributed by atoms with E-state index < -0.39 is 6.04 Å². The maximum Gasteiger partial charge on any atom is 0.263 e. The summed E-state index contributed by atoms with van der Waals surface area (Å²) < 4.78 is 1.45. The lowest BCUT2D eigenvalue weighted by Gasteiger charge is -2.18. The third-order valence-corrected chi connectivity index (χ3v) is 6.24. The van der Waals surface area contributed by atoms with Crippen LogP contribution in [0.5, 0.6) is 0 Å². The second-order valence-electron chi connectivity index (χ2n) is 7.02. The van der Waals surface area contributed by atoms with Crippen LogP contribution in [0.4, 0.5) is 5.69 Å². The molecule has 2 atom stereocenters. The van der Waals surface area contributed by atoms with Crippen molar-refractivity contribution >= 4 is 33.1 Å². The Labute approximate surface area is 155 Å². The molecule has 134 valence electrons. The van der Waals surface area contributed by atoms with E-state index in [1.165, 1.54) is 15.8 Å². The minimum atomic E-state index is -0.627. The standard InChI is InChI=1S/C20H21N3O2S/c1-12-8-9-15-16(10-12)26-19-17(15)20(25)23(11-21-19)13(2)18(24)22-14-6-4-3-5-7-14/h3-7,11-13H,8-10H2,1-2H3,(H,22,24). The van der Waals surface area contributed by atoms with Crippen LogP contribution in [0.25, 0.3) is 10.2 Å². The van der Waals surface area contributed by atoms with Crippen molar-refractivity contribution in [1.82, 2.24) is 9.55 Å². The Hall–Kier alpha value is -2.47. The van der Waals surface area contributed by atoms with Gasteiger partial charge in [0.15, 0.2) is 0 Å². The molecule has 2 aromatic heterocycles. The van der Waals surface area contributed by atoms with E-state index in [0.29, 0.717) is 17.0 Å². The Bertz CT molecular complexity index is 1020. The normalized spacial score (nSPS) is 17.7. The number of hydrogen-bond donors (Lipinski definition) is 1.